The molecule has 0 aliphatic carbocycles. The van der Waals surface area contributed by atoms with Gasteiger partial charge in [0, 0.05) is 50.3 Å². The number of pyridine rings is 1. The molecule has 0 saturated carbocycles. The quantitative estimate of drug-likeness (QED) is 0.433. The van der Waals surface area contributed by atoms with Crippen LogP contribution >= 0.6 is 11.6 Å². The van der Waals surface area contributed by atoms with E-state index in [4.69, 9.17) is 16.3 Å². The molecular formula is C24H23ClN6O3. The first-order valence-electron chi connectivity index (χ1n) is 10.7. The van der Waals surface area contributed by atoms with E-state index in [9.17, 15) is 9.90 Å². The lowest BCUT2D eigenvalue weighted by Gasteiger charge is -2.36. The maximum Gasteiger partial charge on any atom is 0.275 e. The number of ether oxygens (including phenoxy) is 1. The Bertz CT molecular complexity index is 1360. The van der Waals surface area contributed by atoms with Crippen molar-refractivity contribution in [3.63, 3.8) is 0 Å². The molecule has 0 radical (unpaired) electrons. The van der Waals surface area contributed by atoms with Gasteiger partial charge >= 0.3 is 0 Å². The highest BCUT2D eigenvalue weighted by molar-refractivity contribution is 6.33. The largest absolute Gasteiger partial charge is 0.506 e. The Kier molecular flexibility index (Phi) is 5.72. The molecular weight excluding hydrogens is 456 g/mol. The van der Waals surface area contributed by atoms with Crippen molar-refractivity contribution in [1.29, 1.82) is 0 Å². The van der Waals surface area contributed by atoms with Gasteiger partial charge in [-0.05, 0) is 24.3 Å². The highest BCUT2D eigenvalue weighted by Gasteiger charge is 2.35. The molecule has 10 heteroatoms. The third-order valence-electron chi connectivity index (χ3n) is 5.85. The van der Waals surface area contributed by atoms with Crippen LogP contribution in [0.3, 0.4) is 0 Å². The second-order valence-corrected chi connectivity index (χ2v) is 8.46. The molecule has 4 heterocycles. The number of phenols is 1. The Hall–Kier alpha value is -3.82. The average Bonchev–Trinajstić information content (AvgIpc) is 3.43. The van der Waals surface area contributed by atoms with Gasteiger partial charge in [-0.1, -0.05) is 23.7 Å². The van der Waals surface area contributed by atoms with Crippen LogP contribution in [0.4, 0.5) is 17.3 Å². The number of anilines is 3. The molecule has 5 rings (SSSR count). The van der Waals surface area contributed by atoms with Crippen LogP contribution in [0.5, 0.6) is 5.75 Å². The fourth-order valence-electron chi connectivity index (χ4n) is 4.24. The molecule has 0 saturated heterocycles. The number of carbonyl (C=O) groups excluding carboxylic acids is 1. The number of aromatic nitrogens is 4. The Morgan fingerprint density at radius 1 is 1.26 bits per heavy atom. The number of benzene rings is 1. The Morgan fingerprint density at radius 3 is 2.82 bits per heavy atom. The lowest BCUT2D eigenvalue weighted by molar-refractivity contribution is 0.0905. The maximum atomic E-state index is 13.6. The Balaban J connectivity index is 1.52. The number of hydrogen-bond acceptors (Lipinski definition) is 6. The summed E-state index contributed by atoms with van der Waals surface area (Å²) in [5.74, 6) is 1.21. The molecule has 3 aromatic heterocycles. The van der Waals surface area contributed by atoms with Crippen LogP contribution in [0.25, 0.3) is 11.1 Å². The summed E-state index contributed by atoms with van der Waals surface area (Å²) in [4.78, 5) is 19.5. The summed E-state index contributed by atoms with van der Waals surface area (Å²) < 4.78 is 9.00. The van der Waals surface area contributed by atoms with E-state index >= 15 is 0 Å². The molecule has 2 N–H and O–H groups in total. The molecule has 0 bridgehead atoms. The van der Waals surface area contributed by atoms with E-state index in [1.54, 1.807) is 53.4 Å². The molecule has 1 aromatic carbocycles. The van der Waals surface area contributed by atoms with E-state index in [0.717, 1.165) is 16.9 Å². The number of halogens is 1. The average molecular weight is 479 g/mol. The topological polar surface area (TPSA) is 97.4 Å². The predicted octanol–water partition coefficient (Wildman–Crippen LogP) is 4.06. The monoisotopic (exact) mass is 478 g/mol. The minimum atomic E-state index is -0.284. The molecule has 1 aliphatic rings. The standard InChI is InChI=1S/C24H23ClN6O3/c1-29-23(7-8-27-29)28-22-10-17(18(25)11-26-22)15-9-20-24(33)31(19-5-3-4-6-21(19)32)16(14-34-2)13-30(20)12-15/h3-12,16,32H,13-14H2,1-2H3,(H,26,28)/t16-/m1/s1. The first kappa shape index (κ1) is 22.0. The molecule has 1 aliphatic heterocycles. The molecule has 1 amide bonds. The number of methoxy groups -OCH3 is 1. The zero-order chi connectivity index (χ0) is 23.8. The van der Waals surface area contributed by atoms with Crippen molar-refractivity contribution >= 4 is 34.8 Å². The number of nitrogens with zero attached hydrogens (tertiary/aromatic N) is 5. The number of hydrogen-bond donors (Lipinski definition) is 2. The van der Waals surface area contributed by atoms with E-state index in [1.165, 1.54) is 0 Å². The van der Waals surface area contributed by atoms with Crippen molar-refractivity contribution in [3.8, 4) is 16.9 Å². The van der Waals surface area contributed by atoms with Gasteiger partial charge in [-0.15, -0.1) is 0 Å². The van der Waals surface area contributed by atoms with Crippen molar-refractivity contribution in [1.82, 2.24) is 19.3 Å². The summed E-state index contributed by atoms with van der Waals surface area (Å²) >= 11 is 6.50. The third-order valence-corrected chi connectivity index (χ3v) is 6.15. The van der Waals surface area contributed by atoms with Gasteiger partial charge in [-0.3, -0.25) is 14.4 Å². The van der Waals surface area contributed by atoms with E-state index in [0.29, 0.717) is 35.4 Å². The van der Waals surface area contributed by atoms with E-state index in [1.807, 2.05) is 36.0 Å². The molecule has 174 valence electrons. The number of nitrogens with one attached hydrogen (secondary N) is 1. The molecule has 0 fully saturated rings. The van der Waals surface area contributed by atoms with Gasteiger partial charge in [0.25, 0.3) is 5.91 Å². The van der Waals surface area contributed by atoms with Crippen LogP contribution < -0.4 is 10.2 Å². The summed E-state index contributed by atoms with van der Waals surface area (Å²) in [5.41, 5.74) is 2.49. The van der Waals surface area contributed by atoms with Gasteiger partial charge in [0.05, 0.1) is 29.6 Å². The fourth-order valence-corrected chi connectivity index (χ4v) is 4.45. The Morgan fingerprint density at radius 2 is 2.09 bits per heavy atom. The molecule has 0 spiro atoms. The summed E-state index contributed by atoms with van der Waals surface area (Å²) in [6.07, 6.45) is 5.18. The van der Waals surface area contributed by atoms with Crippen LogP contribution in [0, 0.1) is 0 Å². The number of amides is 1. The normalized spacial score (nSPS) is 15.4. The van der Waals surface area contributed by atoms with E-state index in [2.05, 4.69) is 15.4 Å². The van der Waals surface area contributed by atoms with Crippen LogP contribution in [-0.2, 0) is 18.3 Å². The van der Waals surface area contributed by atoms with Crippen LogP contribution in [0.15, 0.2) is 61.1 Å². The van der Waals surface area contributed by atoms with Crippen molar-refractivity contribution in [2.24, 2.45) is 7.05 Å². The summed E-state index contributed by atoms with van der Waals surface area (Å²) in [5, 5.41) is 18.3. The smallest absolute Gasteiger partial charge is 0.275 e. The van der Waals surface area contributed by atoms with Gasteiger partial charge in [-0.2, -0.15) is 5.10 Å². The van der Waals surface area contributed by atoms with Crippen molar-refractivity contribution in [2.45, 2.75) is 12.6 Å². The SMILES string of the molecule is COC[C@H]1Cn2cc(-c3cc(Nc4ccnn4C)ncc3Cl)cc2C(=O)N1c1ccccc1O. The van der Waals surface area contributed by atoms with Gasteiger partial charge < -0.3 is 19.7 Å². The number of aromatic hydroxyl groups is 1. The van der Waals surface area contributed by atoms with Crippen molar-refractivity contribution < 1.29 is 14.6 Å². The minimum absolute atomic E-state index is 0.0419. The molecule has 0 unspecified atom stereocenters. The van der Waals surface area contributed by atoms with Crippen LogP contribution in [0.2, 0.25) is 5.02 Å². The van der Waals surface area contributed by atoms with Gasteiger partial charge in [0.1, 0.15) is 23.1 Å². The number of fused-ring (bicyclic) bond motifs is 1. The third kappa shape index (κ3) is 3.89. The lowest BCUT2D eigenvalue weighted by Crippen LogP contribution is -2.50. The predicted molar refractivity (Wildman–Crippen MR) is 130 cm³/mol. The zero-order valence-electron chi connectivity index (χ0n) is 18.6. The summed E-state index contributed by atoms with van der Waals surface area (Å²) in [6, 6.07) is 12.0. The zero-order valence-corrected chi connectivity index (χ0v) is 19.4. The summed E-state index contributed by atoms with van der Waals surface area (Å²) in [7, 11) is 3.43. The first-order valence-corrected chi connectivity index (χ1v) is 11.1. The molecule has 34 heavy (non-hydrogen) atoms. The van der Waals surface area contributed by atoms with E-state index < -0.39 is 0 Å². The lowest BCUT2D eigenvalue weighted by atomic mass is 10.1. The van der Waals surface area contributed by atoms with Crippen molar-refractivity contribution in [3.05, 3.63) is 71.8 Å². The second kappa shape index (κ2) is 8.85. The summed E-state index contributed by atoms with van der Waals surface area (Å²) in [6.45, 7) is 0.827. The van der Waals surface area contributed by atoms with Gasteiger partial charge in [0.2, 0.25) is 0 Å². The van der Waals surface area contributed by atoms with Gasteiger partial charge in [0.15, 0.2) is 0 Å². The minimum Gasteiger partial charge on any atom is -0.506 e. The van der Waals surface area contributed by atoms with Gasteiger partial charge in [-0.25, -0.2) is 4.98 Å². The number of para-hydroxylation sites is 2. The second-order valence-electron chi connectivity index (χ2n) is 8.05. The van der Waals surface area contributed by atoms with E-state index in [-0.39, 0.29) is 17.7 Å². The number of aryl methyl sites for hydroxylation is 1. The fraction of sp³-hybridized carbons (Fsp3) is 0.208. The molecule has 9 nitrogen and oxygen atoms in total. The number of rotatable bonds is 6. The number of phenolic OH excluding ortho intramolecular Hbond substituents is 1. The first-order chi connectivity index (χ1) is 16.5. The Labute approximate surface area is 201 Å². The van der Waals surface area contributed by atoms with Crippen LogP contribution in [-0.4, -0.2) is 50.1 Å². The molecule has 4 aromatic rings. The highest BCUT2D eigenvalue weighted by Crippen LogP contribution is 2.36. The van der Waals surface area contributed by atoms with Crippen molar-refractivity contribution in [2.75, 3.05) is 23.9 Å². The number of carbonyl (C=O) groups is 1. The maximum absolute atomic E-state index is 13.6. The van der Waals surface area contributed by atoms with Crippen LogP contribution in [0.1, 0.15) is 10.5 Å². The highest BCUT2D eigenvalue weighted by atomic mass is 35.5. The molecule has 1 atom stereocenters.